The number of nitrogens with zero attached hydrogens (tertiary/aromatic N) is 1. The van der Waals surface area contributed by atoms with Crippen LogP contribution in [-0.2, 0) is 4.79 Å². The van der Waals surface area contributed by atoms with Crippen molar-refractivity contribution in [2.75, 3.05) is 13.6 Å². The lowest BCUT2D eigenvalue weighted by Gasteiger charge is -2.33. The first-order valence-corrected chi connectivity index (χ1v) is 8.32. The fourth-order valence-corrected chi connectivity index (χ4v) is 3.36. The maximum Gasteiger partial charge on any atom is 0.222 e. The van der Waals surface area contributed by atoms with Crippen LogP contribution in [0.5, 0.6) is 0 Å². The molecule has 0 aromatic heterocycles. The van der Waals surface area contributed by atoms with Gasteiger partial charge in [-0.1, -0.05) is 40.0 Å². The summed E-state index contributed by atoms with van der Waals surface area (Å²) in [6, 6.07) is 0.485. The van der Waals surface area contributed by atoms with E-state index in [4.69, 9.17) is 5.73 Å². The van der Waals surface area contributed by atoms with Crippen LogP contribution in [-0.4, -0.2) is 30.4 Å². The third kappa shape index (κ3) is 5.43. The van der Waals surface area contributed by atoms with Crippen molar-refractivity contribution in [3.63, 3.8) is 0 Å². The number of amides is 1. The van der Waals surface area contributed by atoms with E-state index in [0.717, 1.165) is 12.8 Å². The molecule has 118 valence electrons. The molecule has 2 N–H and O–H groups in total. The summed E-state index contributed by atoms with van der Waals surface area (Å²) < 4.78 is 0. The zero-order valence-electron chi connectivity index (χ0n) is 14.0. The molecule has 1 aliphatic carbocycles. The molecule has 0 aromatic carbocycles. The Kier molecular flexibility index (Phi) is 7.01. The van der Waals surface area contributed by atoms with E-state index >= 15 is 0 Å². The summed E-state index contributed by atoms with van der Waals surface area (Å²) in [6.45, 7) is 7.47. The lowest BCUT2D eigenvalue weighted by Crippen LogP contribution is -2.38. The number of carbonyl (C=O) groups is 1. The summed E-state index contributed by atoms with van der Waals surface area (Å²) in [5.74, 6) is 0.861. The first kappa shape index (κ1) is 17.5. The zero-order chi connectivity index (χ0) is 15.2. The van der Waals surface area contributed by atoms with Gasteiger partial charge < -0.3 is 10.6 Å². The van der Waals surface area contributed by atoms with Gasteiger partial charge in [-0.2, -0.15) is 0 Å². The maximum atomic E-state index is 12.4. The zero-order valence-corrected chi connectivity index (χ0v) is 14.0. The van der Waals surface area contributed by atoms with Crippen LogP contribution < -0.4 is 5.73 Å². The predicted molar refractivity (Wildman–Crippen MR) is 85.5 cm³/mol. The molecule has 0 radical (unpaired) electrons. The topological polar surface area (TPSA) is 46.3 Å². The molecule has 1 amide bonds. The van der Waals surface area contributed by atoms with Crippen molar-refractivity contribution in [1.82, 2.24) is 4.90 Å². The van der Waals surface area contributed by atoms with Gasteiger partial charge in [-0.15, -0.1) is 0 Å². The minimum Gasteiger partial charge on any atom is -0.343 e. The molecule has 1 rings (SSSR count). The fourth-order valence-electron chi connectivity index (χ4n) is 3.36. The van der Waals surface area contributed by atoms with E-state index in [1.807, 2.05) is 11.9 Å². The Labute approximate surface area is 125 Å². The Balaban J connectivity index is 2.43. The smallest absolute Gasteiger partial charge is 0.222 e. The molecule has 0 spiro atoms. The number of carbonyl (C=O) groups excluding carboxylic acids is 1. The number of rotatable bonds is 6. The van der Waals surface area contributed by atoms with Crippen LogP contribution >= 0.6 is 0 Å². The second kappa shape index (κ2) is 8.02. The predicted octanol–water partition coefficient (Wildman–Crippen LogP) is 3.57. The standard InChI is InChI=1S/C17H34N2O/c1-17(2,3)14(12-13-18)10-11-16(20)19(4)15-8-6-5-7-9-15/h14-15H,5-13,18H2,1-4H3. The van der Waals surface area contributed by atoms with Crippen molar-refractivity contribution < 1.29 is 4.79 Å². The summed E-state index contributed by atoms with van der Waals surface area (Å²) >= 11 is 0. The largest absolute Gasteiger partial charge is 0.343 e. The number of hydrogen-bond acceptors (Lipinski definition) is 2. The van der Waals surface area contributed by atoms with Crippen molar-refractivity contribution in [2.45, 2.75) is 78.2 Å². The van der Waals surface area contributed by atoms with Crippen molar-refractivity contribution in [2.24, 2.45) is 17.1 Å². The van der Waals surface area contributed by atoms with E-state index in [1.54, 1.807) is 0 Å². The molecular weight excluding hydrogens is 248 g/mol. The molecule has 3 heteroatoms. The number of hydrogen-bond donors (Lipinski definition) is 1. The highest BCUT2D eigenvalue weighted by atomic mass is 16.2. The Bertz CT molecular complexity index is 290. The van der Waals surface area contributed by atoms with Gasteiger partial charge in [-0.05, 0) is 43.6 Å². The molecule has 0 heterocycles. The molecule has 1 saturated carbocycles. The molecule has 1 fully saturated rings. The quantitative estimate of drug-likeness (QED) is 0.809. The first-order chi connectivity index (χ1) is 9.36. The fraction of sp³-hybridized carbons (Fsp3) is 0.941. The van der Waals surface area contributed by atoms with Gasteiger partial charge in [0.05, 0.1) is 0 Å². The van der Waals surface area contributed by atoms with Crippen molar-refractivity contribution in [3.05, 3.63) is 0 Å². The van der Waals surface area contributed by atoms with E-state index in [-0.39, 0.29) is 5.41 Å². The van der Waals surface area contributed by atoms with E-state index in [0.29, 0.717) is 30.8 Å². The van der Waals surface area contributed by atoms with Gasteiger partial charge >= 0.3 is 0 Å². The maximum absolute atomic E-state index is 12.4. The van der Waals surface area contributed by atoms with Crippen molar-refractivity contribution in [1.29, 1.82) is 0 Å². The highest BCUT2D eigenvalue weighted by Gasteiger charge is 2.26. The molecule has 1 unspecified atom stereocenters. The summed E-state index contributed by atoms with van der Waals surface area (Å²) in [5.41, 5.74) is 5.95. The molecule has 1 aliphatic rings. The highest BCUT2D eigenvalue weighted by molar-refractivity contribution is 5.76. The third-order valence-electron chi connectivity index (χ3n) is 4.96. The van der Waals surface area contributed by atoms with Gasteiger partial charge in [-0.25, -0.2) is 0 Å². The molecule has 1 atom stereocenters. The summed E-state index contributed by atoms with van der Waals surface area (Å²) in [5, 5.41) is 0. The monoisotopic (exact) mass is 282 g/mol. The molecular formula is C17H34N2O. The Morgan fingerprint density at radius 1 is 1.20 bits per heavy atom. The Morgan fingerprint density at radius 2 is 1.80 bits per heavy atom. The summed E-state index contributed by atoms with van der Waals surface area (Å²) in [7, 11) is 1.99. The molecule has 0 aliphatic heterocycles. The van der Waals surface area contributed by atoms with Gasteiger partial charge in [0.1, 0.15) is 0 Å². The average molecular weight is 282 g/mol. The summed E-state index contributed by atoms with van der Waals surface area (Å²) in [4.78, 5) is 14.4. The molecule has 0 saturated heterocycles. The van der Waals surface area contributed by atoms with Crippen molar-refractivity contribution >= 4 is 5.91 Å². The lowest BCUT2D eigenvalue weighted by atomic mass is 9.76. The highest BCUT2D eigenvalue weighted by Crippen LogP contribution is 2.32. The first-order valence-electron chi connectivity index (χ1n) is 8.32. The van der Waals surface area contributed by atoms with Crippen LogP contribution in [0.15, 0.2) is 0 Å². The van der Waals surface area contributed by atoms with Gasteiger partial charge in [0, 0.05) is 19.5 Å². The summed E-state index contributed by atoms with van der Waals surface area (Å²) in [6.07, 6.45) is 8.93. The number of nitrogens with two attached hydrogens (primary N) is 1. The van der Waals surface area contributed by atoms with Gasteiger partial charge in [0.2, 0.25) is 5.91 Å². The molecule has 0 bridgehead atoms. The van der Waals surface area contributed by atoms with Crippen LogP contribution in [0.4, 0.5) is 0 Å². The minimum atomic E-state index is 0.239. The second-order valence-corrected chi connectivity index (χ2v) is 7.48. The van der Waals surface area contributed by atoms with E-state index in [9.17, 15) is 4.79 Å². The molecule has 3 nitrogen and oxygen atoms in total. The van der Waals surface area contributed by atoms with E-state index in [1.165, 1.54) is 32.1 Å². The third-order valence-corrected chi connectivity index (χ3v) is 4.96. The van der Waals surface area contributed by atoms with Crippen LogP contribution in [0.2, 0.25) is 0 Å². The Hall–Kier alpha value is -0.570. The Morgan fingerprint density at radius 3 is 2.30 bits per heavy atom. The normalized spacial score (nSPS) is 18.9. The minimum absolute atomic E-state index is 0.239. The van der Waals surface area contributed by atoms with Crippen LogP contribution in [0.25, 0.3) is 0 Å². The molecule has 20 heavy (non-hydrogen) atoms. The van der Waals surface area contributed by atoms with Gasteiger partial charge in [0.25, 0.3) is 0 Å². The van der Waals surface area contributed by atoms with Gasteiger partial charge in [0.15, 0.2) is 0 Å². The van der Waals surface area contributed by atoms with Crippen LogP contribution in [0.3, 0.4) is 0 Å². The van der Waals surface area contributed by atoms with Gasteiger partial charge in [-0.3, -0.25) is 4.79 Å². The average Bonchev–Trinajstić information content (AvgIpc) is 2.42. The molecule has 0 aromatic rings. The SMILES string of the molecule is CN(C(=O)CCC(CCN)C(C)(C)C)C1CCCCC1. The van der Waals surface area contributed by atoms with E-state index in [2.05, 4.69) is 20.8 Å². The lowest BCUT2D eigenvalue weighted by molar-refractivity contribution is -0.133. The van der Waals surface area contributed by atoms with E-state index < -0.39 is 0 Å². The van der Waals surface area contributed by atoms with Crippen LogP contribution in [0, 0.1) is 11.3 Å². The second-order valence-electron chi connectivity index (χ2n) is 7.48. The van der Waals surface area contributed by atoms with Crippen LogP contribution in [0.1, 0.15) is 72.1 Å². The van der Waals surface area contributed by atoms with Crippen molar-refractivity contribution in [3.8, 4) is 0 Å².